The van der Waals surface area contributed by atoms with Crippen LogP contribution in [0, 0.1) is 5.92 Å². The van der Waals surface area contributed by atoms with E-state index in [1.54, 1.807) is 73.7 Å². The number of halogens is 1. The molecule has 0 spiro atoms. The number of benzene rings is 3. The van der Waals surface area contributed by atoms with E-state index in [2.05, 4.69) is 26.2 Å². The van der Waals surface area contributed by atoms with Gasteiger partial charge in [-0.25, -0.2) is 9.69 Å². The summed E-state index contributed by atoms with van der Waals surface area (Å²) in [7, 11) is 1.45. The summed E-state index contributed by atoms with van der Waals surface area (Å²) in [5.74, 6) is -2.37. The second kappa shape index (κ2) is 13.1. The second-order valence-corrected chi connectivity index (χ2v) is 13.4. The Kier molecular flexibility index (Phi) is 9.02. The van der Waals surface area contributed by atoms with Crippen LogP contribution in [-0.2, 0) is 19.1 Å². The monoisotopic (exact) mass is 723 g/mol. The van der Waals surface area contributed by atoms with Crippen molar-refractivity contribution in [1.29, 1.82) is 0 Å². The fraction of sp³-hybridized carbons (Fsp3) is 0.219. The van der Waals surface area contributed by atoms with Gasteiger partial charge in [0.25, 0.3) is 5.91 Å². The zero-order chi connectivity index (χ0) is 32.5. The third kappa shape index (κ3) is 6.07. The zero-order valence-corrected chi connectivity index (χ0v) is 27.6. The van der Waals surface area contributed by atoms with Crippen LogP contribution in [0.2, 0.25) is 0 Å². The predicted octanol–water partition coefficient (Wildman–Crippen LogP) is 5.20. The van der Waals surface area contributed by atoms with Crippen molar-refractivity contribution in [2.75, 3.05) is 30.5 Å². The van der Waals surface area contributed by atoms with Gasteiger partial charge in [0, 0.05) is 21.0 Å². The number of carbonyl (C=O) groups excluding carboxylic acids is 4. The van der Waals surface area contributed by atoms with Gasteiger partial charge in [-0.1, -0.05) is 45.1 Å². The van der Waals surface area contributed by atoms with Crippen molar-refractivity contribution in [3.05, 3.63) is 96.9 Å². The molecule has 3 aromatic carbocycles. The van der Waals surface area contributed by atoms with Gasteiger partial charge < -0.3 is 24.5 Å². The van der Waals surface area contributed by atoms with Crippen molar-refractivity contribution in [2.24, 2.45) is 5.92 Å². The number of imide groups is 1. The summed E-state index contributed by atoms with van der Waals surface area (Å²) in [6.45, 7) is 1.65. The van der Waals surface area contributed by atoms with Crippen LogP contribution in [0.5, 0.6) is 11.5 Å². The van der Waals surface area contributed by atoms with Crippen LogP contribution < -0.4 is 24.6 Å². The predicted molar refractivity (Wildman–Crippen MR) is 176 cm³/mol. The number of ether oxygens (including phenoxy) is 3. The van der Waals surface area contributed by atoms with Gasteiger partial charge in [-0.15, -0.1) is 0 Å². The minimum atomic E-state index is -0.766. The molecule has 11 nitrogen and oxygen atoms in total. The molecule has 3 unspecified atom stereocenters. The van der Waals surface area contributed by atoms with Crippen LogP contribution in [-0.4, -0.2) is 54.2 Å². The Morgan fingerprint density at radius 3 is 2.41 bits per heavy atom. The number of rotatable bonds is 9. The first-order valence-corrected chi connectivity index (χ1v) is 16.6. The highest BCUT2D eigenvalue weighted by molar-refractivity contribution is 9.10. The number of amides is 3. The Balaban J connectivity index is 1.22. The summed E-state index contributed by atoms with van der Waals surface area (Å²) in [6.07, 6.45) is 0. The highest BCUT2D eigenvalue weighted by Crippen LogP contribution is 2.53. The quantitative estimate of drug-likeness (QED) is 0.176. The first kappa shape index (κ1) is 31.6. The topological polar surface area (TPSA) is 144 Å². The van der Waals surface area contributed by atoms with E-state index in [0.29, 0.717) is 38.2 Å². The van der Waals surface area contributed by atoms with Gasteiger partial charge in [0.2, 0.25) is 11.8 Å². The molecule has 3 heterocycles. The van der Waals surface area contributed by atoms with Gasteiger partial charge in [0.15, 0.2) is 18.1 Å². The molecule has 0 saturated carbocycles. The van der Waals surface area contributed by atoms with Crippen LogP contribution in [0.15, 0.2) is 81.0 Å². The molecule has 236 valence electrons. The molecule has 3 atom stereocenters. The minimum absolute atomic E-state index is 0.262. The molecule has 4 aromatic rings. The third-order valence-electron chi connectivity index (χ3n) is 7.49. The lowest BCUT2D eigenvalue weighted by molar-refractivity contribution is -0.122. The molecule has 1 saturated heterocycles. The van der Waals surface area contributed by atoms with E-state index in [0.717, 1.165) is 15.8 Å². The van der Waals surface area contributed by atoms with Gasteiger partial charge in [-0.2, -0.15) is 0 Å². The van der Waals surface area contributed by atoms with Crippen molar-refractivity contribution in [2.45, 2.75) is 23.1 Å². The number of methoxy groups -OCH3 is 1. The Morgan fingerprint density at radius 2 is 1.72 bits per heavy atom. The van der Waals surface area contributed by atoms with Crippen LogP contribution >= 0.6 is 39.0 Å². The molecule has 0 bridgehead atoms. The molecule has 14 heteroatoms. The van der Waals surface area contributed by atoms with Gasteiger partial charge in [-0.05, 0) is 73.2 Å². The number of carbonyl (C=O) groups is 4. The first-order valence-electron chi connectivity index (χ1n) is 14.1. The average molecular weight is 725 g/mol. The number of hydrogen-bond donors (Lipinski definition) is 2. The van der Waals surface area contributed by atoms with E-state index >= 15 is 0 Å². The van der Waals surface area contributed by atoms with Gasteiger partial charge in [0.1, 0.15) is 5.25 Å². The smallest absolute Gasteiger partial charge is 0.338 e. The standard InChI is InChI=1S/C32H26BrN3O8S2/c1-3-43-31(40)16-4-9-19(10-5-16)34-23(37)15-44-21-13-6-17(14-22(21)42-2)24-25-27(45-28-26(24)46-32(41)35-28)30(39)36(29(25)38)20-11-7-18(33)8-12-20/h4-14,24-25,27H,3,15H2,1-2H3,(H,34,37)(H,35,41). The second-order valence-electron chi connectivity index (χ2n) is 10.3. The van der Waals surface area contributed by atoms with Crippen LogP contribution in [0.3, 0.4) is 0 Å². The summed E-state index contributed by atoms with van der Waals surface area (Å²) >= 11 is 5.60. The molecule has 46 heavy (non-hydrogen) atoms. The molecule has 1 fully saturated rings. The number of aromatic nitrogens is 1. The Morgan fingerprint density at radius 1 is 0.978 bits per heavy atom. The maximum absolute atomic E-state index is 13.9. The maximum Gasteiger partial charge on any atom is 0.338 e. The number of nitrogens with one attached hydrogen (secondary N) is 2. The van der Waals surface area contributed by atoms with Gasteiger partial charge in [0.05, 0.1) is 35.9 Å². The Hall–Kier alpha value is -4.40. The largest absolute Gasteiger partial charge is 0.493 e. The highest BCUT2D eigenvalue weighted by Gasteiger charge is 2.56. The zero-order valence-electron chi connectivity index (χ0n) is 24.4. The summed E-state index contributed by atoms with van der Waals surface area (Å²) < 4.78 is 17.2. The molecular formula is C32H26BrN3O8S2. The number of hydrogen-bond acceptors (Lipinski definition) is 10. The maximum atomic E-state index is 13.9. The van der Waals surface area contributed by atoms with Crippen molar-refractivity contribution >= 4 is 74.1 Å². The van der Waals surface area contributed by atoms with E-state index in [-0.39, 0.29) is 35.7 Å². The van der Waals surface area contributed by atoms with E-state index in [4.69, 9.17) is 14.2 Å². The molecular weight excluding hydrogens is 698 g/mol. The first-order chi connectivity index (χ1) is 22.2. The fourth-order valence-corrected chi connectivity index (χ4v) is 8.24. The number of thiazole rings is 1. The van der Waals surface area contributed by atoms with Gasteiger partial charge >= 0.3 is 10.8 Å². The van der Waals surface area contributed by atoms with Gasteiger partial charge in [-0.3, -0.25) is 19.2 Å². The third-order valence-corrected chi connectivity index (χ3v) is 10.4. The van der Waals surface area contributed by atoms with E-state index < -0.39 is 29.0 Å². The highest BCUT2D eigenvalue weighted by atomic mass is 79.9. The van der Waals surface area contributed by atoms with Crippen LogP contribution in [0.25, 0.3) is 0 Å². The summed E-state index contributed by atoms with van der Waals surface area (Å²) in [6, 6.07) is 18.3. The van der Waals surface area contributed by atoms with Crippen molar-refractivity contribution < 1.29 is 33.4 Å². The lowest BCUT2D eigenvalue weighted by Crippen LogP contribution is -2.32. The van der Waals surface area contributed by atoms with E-state index in [1.807, 2.05) is 0 Å². The molecule has 6 rings (SSSR count). The molecule has 3 amide bonds. The van der Waals surface area contributed by atoms with Crippen LogP contribution in [0.1, 0.15) is 33.6 Å². The molecule has 2 aliphatic rings. The normalized spacial score (nSPS) is 18.5. The van der Waals surface area contributed by atoms with Crippen molar-refractivity contribution in [3.63, 3.8) is 0 Å². The average Bonchev–Trinajstić information content (AvgIpc) is 3.54. The Bertz CT molecular complexity index is 1890. The van der Waals surface area contributed by atoms with Crippen molar-refractivity contribution in [3.8, 4) is 11.5 Å². The molecule has 0 aliphatic carbocycles. The van der Waals surface area contributed by atoms with E-state index in [1.165, 1.54) is 23.8 Å². The van der Waals surface area contributed by atoms with E-state index in [9.17, 15) is 24.0 Å². The summed E-state index contributed by atoms with van der Waals surface area (Å²) in [4.78, 5) is 68.9. The SMILES string of the molecule is CCOC(=O)c1ccc(NC(=O)COc2ccc(C3c4sc(=O)[nH]c4SC4C(=O)N(c5ccc(Br)cc5)C(=O)C43)cc2OC)cc1. The fourth-order valence-electron chi connectivity index (χ4n) is 5.46. The number of thioether (sulfide) groups is 1. The Labute approximate surface area is 279 Å². The molecule has 2 N–H and O–H groups in total. The van der Waals surface area contributed by atoms with Crippen LogP contribution in [0.4, 0.5) is 11.4 Å². The number of nitrogens with zero attached hydrogens (tertiary/aromatic N) is 1. The lowest BCUT2D eigenvalue weighted by Gasteiger charge is -2.30. The molecule has 0 radical (unpaired) electrons. The number of fused-ring (bicyclic) bond motifs is 2. The lowest BCUT2D eigenvalue weighted by atomic mass is 9.83. The molecule has 1 aromatic heterocycles. The van der Waals surface area contributed by atoms with Crippen molar-refractivity contribution in [1.82, 2.24) is 4.98 Å². The molecule has 2 aliphatic heterocycles. The number of esters is 1. The number of anilines is 2. The summed E-state index contributed by atoms with van der Waals surface area (Å²) in [5, 5.41) is 2.53. The number of H-pyrrole nitrogens is 1. The number of aromatic amines is 1. The summed E-state index contributed by atoms with van der Waals surface area (Å²) in [5.41, 5.74) is 1.97. The minimum Gasteiger partial charge on any atom is -0.493 e.